The van der Waals surface area contributed by atoms with Crippen LogP contribution in [0.5, 0.6) is 0 Å². The highest BCUT2D eigenvalue weighted by molar-refractivity contribution is 5.42. The van der Waals surface area contributed by atoms with Gasteiger partial charge < -0.3 is 0 Å². The predicted molar refractivity (Wildman–Crippen MR) is 45.9 cm³/mol. The summed E-state index contributed by atoms with van der Waals surface area (Å²) in [6.45, 7) is 3.74. The second-order valence-electron chi connectivity index (χ2n) is 2.93. The Morgan fingerprint density at radius 1 is 1.42 bits per heavy atom. The van der Waals surface area contributed by atoms with Crippen LogP contribution in [0.25, 0.3) is 0 Å². The number of nitrogens with zero attached hydrogens (tertiary/aromatic N) is 1. The van der Waals surface area contributed by atoms with Crippen molar-refractivity contribution in [3.05, 3.63) is 34.5 Å². The number of nitroso groups, excluding NO2 is 1. The van der Waals surface area contributed by atoms with Crippen LogP contribution in [0.3, 0.4) is 0 Å². The van der Waals surface area contributed by atoms with Crippen LogP contribution in [-0.4, -0.2) is 0 Å². The molecule has 0 amide bonds. The minimum atomic E-state index is -0.498. The zero-order valence-corrected chi connectivity index (χ0v) is 7.04. The summed E-state index contributed by atoms with van der Waals surface area (Å²) in [7, 11) is 0. The number of halogens is 1. The van der Waals surface area contributed by atoms with E-state index in [9.17, 15) is 9.30 Å². The number of hydrogen-bond donors (Lipinski definition) is 0. The summed E-state index contributed by atoms with van der Waals surface area (Å²) < 4.78 is 13.2. The quantitative estimate of drug-likeness (QED) is 0.621. The molecule has 0 saturated heterocycles. The van der Waals surface area contributed by atoms with Crippen LogP contribution in [0.15, 0.2) is 23.4 Å². The molecule has 0 unspecified atom stereocenters. The van der Waals surface area contributed by atoms with E-state index in [1.54, 1.807) is 12.1 Å². The van der Waals surface area contributed by atoms with Crippen LogP contribution in [0.2, 0.25) is 0 Å². The van der Waals surface area contributed by atoms with E-state index >= 15 is 0 Å². The molecule has 0 aliphatic heterocycles. The summed E-state index contributed by atoms with van der Waals surface area (Å²) in [5, 5.41) is 2.59. The Morgan fingerprint density at radius 3 is 2.58 bits per heavy atom. The van der Waals surface area contributed by atoms with Gasteiger partial charge in [0, 0.05) is 0 Å². The Morgan fingerprint density at radius 2 is 2.08 bits per heavy atom. The summed E-state index contributed by atoms with van der Waals surface area (Å²) in [6, 6.07) is 4.66. The second kappa shape index (κ2) is 3.43. The summed E-state index contributed by atoms with van der Waals surface area (Å²) in [5.41, 5.74) is 0.424. The van der Waals surface area contributed by atoms with Gasteiger partial charge in [0.2, 0.25) is 0 Å². The first-order chi connectivity index (χ1) is 5.66. The molecule has 0 aromatic heterocycles. The van der Waals surface area contributed by atoms with Gasteiger partial charge in [0.05, 0.1) is 0 Å². The molecule has 0 heterocycles. The largest absolute Gasteiger partial charge is 0.204 e. The Kier molecular flexibility index (Phi) is 2.53. The van der Waals surface area contributed by atoms with Crippen LogP contribution in [0.1, 0.15) is 25.3 Å². The van der Waals surface area contributed by atoms with Crippen LogP contribution in [0.4, 0.5) is 10.1 Å². The average Bonchev–Trinajstić information content (AvgIpc) is 2.04. The maximum atomic E-state index is 13.2. The topological polar surface area (TPSA) is 29.4 Å². The average molecular weight is 167 g/mol. The van der Waals surface area contributed by atoms with Gasteiger partial charge in [-0.3, -0.25) is 0 Å². The van der Waals surface area contributed by atoms with Gasteiger partial charge in [-0.1, -0.05) is 26.0 Å². The summed E-state index contributed by atoms with van der Waals surface area (Å²) in [5.74, 6) is -0.422. The lowest BCUT2D eigenvalue weighted by Crippen LogP contribution is -1.92. The highest BCUT2D eigenvalue weighted by Gasteiger charge is 2.10. The van der Waals surface area contributed by atoms with Crippen LogP contribution >= 0.6 is 0 Å². The van der Waals surface area contributed by atoms with Crippen molar-refractivity contribution in [1.29, 1.82) is 0 Å². The summed E-state index contributed by atoms with van der Waals surface area (Å²) in [6.07, 6.45) is 0. The molecule has 0 atom stereocenters. The smallest absolute Gasteiger partial charge is 0.155 e. The molecule has 1 aromatic carbocycles. The third-order valence-electron chi connectivity index (χ3n) is 1.73. The first kappa shape index (κ1) is 8.84. The van der Waals surface area contributed by atoms with Gasteiger partial charge in [0.15, 0.2) is 5.82 Å². The van der Waals surface area contributed by atoms with Gasteiger partial charge >= 0.3 is 0 Å². The fourth-order valence-corrected chi connectivity index (χ4v) is 1.05. The first-order valence-corrected chi connectivity index (χ1v) is 3.78. The molecule has 0 aliphatic rings. The first-order valence-electron chi connectivity index (χ1n) is 3.78. The van der Waals surface area contributed by atoms with E-state index < -0.39 is 5.82 Å². The Hall–Kier alpha value is -1.25. The lowest BCUT2D eigenvalue weighted by molar-refractivity contribution is 0.600. The van der Waals surface area contributed by atoms with Crippen molar-refractivity contribution in [2.45, 2.75) is 19.8 Å². The minimum absolute atomic E-state index is 0.0756. The molecular formula is C9H10FNO. The van der Waals surface area contributed by atoms with Crippen molar-refractivity contribution >= 4 is 5.69 Å². The van der Waals surface area contributed by atoms with Crippen molar-refractivity contribution in [1.82, 2.24) is 0 Å². The summed E-state index contributed by atoms with van der Waals surface area (Å²) in [4.78, 5) is 10.1. The zero-order chi connectivity index (χ0) is 9.14. The Bertz CT molecular complexity index is 297. The zero-order valence-electron chi connectivity index (χ0n) is 7.04. The molecule has 1 rings (SSSR count). The van der Waals surface area contributed by atoms with E-state index in [0.717, 1.165) is 0 Å². The molecule has 64 valence electrons. The standard InChI is InChI=1S/C9H10FNO/c1-6(2)7-4-3-5-8(11-12)9(7)10/h3-6H,1-2H3. The van der Waals surface area contributed by atoms with E-state index in [2.05, 4.69) is 5.18 Å². The lowest BCUT2D eigenvalue weighted by Gasteiger charge is -2.06. The molecular weight excluding hydrogens is 157 g/mol. The maximum Gasteiger partial charge on any atom is 0.155 e. The number of hydrogen-bond acceptors (Lipinski definition) is 2. The van der Waals surface area contributed by atoms with Crippen molar-refractivity contribution in [3.63, 3.8) is 0 Å². The van der Waals surface area contributed by atoms with Crippen LogP contribution in [-0.2, 0) is 0 Å². The van der Waals surface area contributed by atoms with E-state index in [0.29, 0.717) is 5.56 Å². The number of benzene rings is 1. The normalized spacial score (nSPS) is 10.3. The van der Waals surface area contributed by atoms with Gasteiger partial charge in [-0.05, 0) is 22.7 Å². The van der Waals surface area contributed by atoms with Gasteiger partial charge in [-0.25, -0.2) is 4.39 Å². The molecule has 2 nitrogen and oxygen atoms in total. The van der Waals surface area contributed by atoms with Crippen molar-refractivity contribution in [2.24, 2.45) is 5.18 Å². The molecule has 0 N–H and O–H groups in total. The van der Waals surface area contributed by atoms with Crippen molar-refractivity contribution in [3.8, 4) is 0 Å². The minimum Gasteiger partial charge on any atom is -0.204 e. The third-order valence-corrected chi connectivity index (χ3v) is 1.73. The number of rotatable bonds is 2. The predicted octanol–water partition coefficient (Wildman–Crippen LogP) is 3.35. The molecule has 12 heavy (non-hydrogen) atoms. The molecule has 1 aromatic rings. The molecule has 3 heteroatoms. The summed E-state index contributed by atoms with van der Waals surface area (Å²) >= 11 is 0. The van der Waals surface area contributed by atoms with Gasteiger partial charge in [0.25, 0.3) is 0 Å². The third kappa shape index (κ3) is 1.49. The molecule has 0 radical (unpaired) electrons. The van der Waals surface area contributed by atoms with Gasteiger partial charge in [-0.15, -0.1) is 4.91 Å². The molecule has 0 aliphatic carbocycles. The van der Waals surface area contributed by atoms with E-state index in [1.165, 1.54) is 6.07 Å². The van der Waals surface area contributed by atoms with E-state index in [-0.39, 0.29) is 11.6 Å². The lowest BCUT2D eigenvalue weighted by atomic mass is 10.0. The van der Waals surface area contributed by atoms with Crippen molar-refractivity contribution < 1.29 is 4.39 Å². The van der Waals surface area contributed by atoms with E-state index in [1.807, 2.05) is 13.8 Å². The SMILES string of the molecule is CC(C)c1cccc(N=O)c1F. The van der Waals surface area contributed by atoms with Gasteiger partial charge in [0.1, 0.15) is 5.69 Å². The molecule has 0 spiro atoms. The van der Waals surface area contributed by atoms with Crippen LogP contribution in [0, 0.1) is 10.7 Å². The van der Waals surface area contributed by atoms with Crippen molar-refractivity contribution in [2.75, 3.05) is 0 Å². The van der Waals surface area contributed by atoms with Gasteiger partial charge in [-0.2, -0.15) is 0 Å². The fraction of sp³-hybridized carbons (Fsp3) is 0.333. The Balaban J connectivity index is 3.22. The molecule has 0 fully saturated rings. The molecule has 0 bridgehead atoms. The Labute approximate surface area is 70.4 Å². The fourth-order valence-electron chi connectivity index (χ4n) is 1.05. The second-order valence-corrected chi connectivity index (χ2v) is 2.93. The monoisotopic (exact) mass is 167 g/mol. The highest BCUT2D eigenvalue weighted by Crippen LogP contribution is 2.25. The highest BCUT2D eigenvalue weighted by atomic mass is 19.1. The van der Waals surface area contributed by atoms with E-state index in [4.69, 9.17) is 0 Å². The van der Waals surface area contributed by atoms with Crippen LogP contribution < -0.4 is 0 Å². The molecule has 0 saturated carbocycles. The maximum absolute atomic E-state index is 13.2.